The monoisotopic (exact) mass is 519 g/mol. The number of hydrogen-bond acceptors (Lipinski definition) is 7. The van der Waals surface area contributed by atoms with Gasteiger partial charge in [-0.1, -0.05) is 6.07 Å². The number of nitrogens with zero attached hydrogens (tertiary/aromatic N) is 1. The highest BCUT2D eigenvalue weighted by molar-refractivity contribution is 6.51. The summed E-state index contributed by atoms with van der Waals surface area (Å²) in [5.74, 6) is -1.16. The van der Waals surface area contributed by atoms with Crippen LogP contribution in [0.5, 0.6) is 23.0 Å². The van der Waals surface area contributed by atoms with Gasteiger partial charge in [0, 0.05) is 17.7 Å². The molecule has 0 radical (unpaired) electrons. The molecule has 1 fully saturated rings. The van der Waals surface area contributed by atoms with Gasteiger partial charge in [0.05, 0.1) is 32.9 Å². The number of rotatable bonds is 6. The highest BCUT2D eigenvalue weighted by Crippen LogP contribution is 2.47. The van der Waals surface area contributed by atoms with Crippen molar-refractivity contribution in [3.63, 3.8) is 0 Å². The van der Waals surface area contributed by atoms with Gasteiger partial charge >= 0.3 is 0 Å². The van der Waals surface area contributed by atoms with Crippen molar-refractivity contribution < 1.29 is 38.0 Å². The Kier molecular flexibility index (Phi) is 6.44. The van der Waals surface area contributed by atoms with Crippen LogP contribution in [0.4, 0.5) is 10.1 Å². The molecule has 0 aliphatic carbocycles. The van der Waals surface area contributed by atoms with Crippen molar-refractivity contribution in [2.45, 2.75) is 25.5 Å². The summed E-state index contributed by atoms with van der Waals surface area (Å²) in [4.78, 5) is 28.0. The second kappa shape index (κ2) is 9.74. The normalized spacial score (nSPS) is 19.8. The molecule has 5 rings (SSSR count). The van der Waals surface area contributed by atoms with E-state index in [2.05, 4.69) is 0 Å². The zero-order valence-corrected chi connectivity index (χ0v) is 21.3. The van der Waals surface area contributed by atoms with Crippen LogP contribution in [0.1, 0.15) is 29.7 Å². The van der Waals surface area contributed by atoms with Gasteiger partial charge in [0.25, 0.3) is 11.7 Å². The van der Waals surface area contributed by atoms with Gasteiger partial charge in [0.2, 0.25) is 5.75 Å². The molecule has 2 heterocycles. The molecule has 0 aromatic heterocycles. The first kappa shape index (κ1) is 25.1. The summed E-state index contributed by atoms with van der Waals surface area (Å²) in [6, 6.07) is 12.5. The summed E-state index contributed by atoms with van der Waals surface area (Å²) in [6.45, 7) is 1.94. The number of anilines is 1. The van der Waals surface area contributed by atoms with E-state index in [1.807, 2.05) is 6.92 Å². The number of fused-ring (bicyclic) bond motifs is 1. The van der Waals surface area contributed by atoms with Crippen LogP contribution in [-0.4, -0.2) is 44.2 Å². The minimum Gasteiger partial charge on any atom is -0.507 e. The quantitative estimate of drug-likeness (QED) is 0.284. The number of ether oxygens (including phenoxy) is 4. The van der Waals surface area contributed by atoms with E-state index >= 15 is 0 Å². The van der Waals surface area contributed by atoms with E-state index in [0.29, 0.717) is 29.0 Å². The smallest absolute Gasteiger partial charge is 0.300 e. The molecule has 1 saturated heterocycles. The number of aliphatic hydroxyl groups is 1. The highest BCUT2D eigenvalue weighted by Gasteiger charge is 2.47. The predicted octanol–water partition coefficient (Wildman–Crippen LogP) is 4.80. The van der Waals surface area contributed by atoms with Crippen molar-refractivity contribution in [2.75, 3.05) is 26.2 Å². The Morgan fingerprint density at radius 1 is 1.00 bits per heavy atom. The van der Waals surface area contributed by atoms with E-state index in [1.165, 1.54) is 39.5 Å². The SMILES string of the molecule is COc1cc(C2/C(=C(\O)c3ccc4c(c3)CC(C)O4)C(=O)C(=O)N2c2cccc(F)c2)cc(OC)c1OC. The Balaban J connectivity index is 1.75. The van der Waals surface area contributed by atoms with Crippen molar-refractivity contribution in [1.82, 2.24) is 0 Å². The summed E-state index contributed by atoms with van der Waals surface area (Å²) < 4.78 is 36.4. The average molecular weight is 520 g/mol. The summed E-state index contributed by atoms with van der Waals surface area (Å²) >= 11 is 0. The third kappa shape index (κ3) is 4.09. The molecule has 1 N–H and O–H groups in total. The van der Waals surface area contributed by atoms with Crippen LogP contribution < -0.4 is 23.8 Å². The maximum absolute atomic E-state index is 14.2. The average Bonchev–Trinajstić information content (AvgIpc) is 3.42. The maximum Gasteiger partial charge on any atom is 0.300 e. The van der Waals surface area contributed by atoms with Gasteiger partial charge in [0.15, 0.2) is 11.5 Å². The standard InChI is InChI=1S/C29H26FNO7/c1-15-10-17-11-16(8-9-21(17)38-15)26(32)24-25(18-12-22(35-2)28(37-4)23(13-18)36-3)31(29(34)27(24)33)20-7-5-6-19(30)14-20/h5-9,11-15,25,32H,10H2,1-4H3/b26-24+. The topological polar surface area (TPSA) is 94.5 Å². The second-order valence-electron chi connectivity index (χ2n) is 9.06. The highest BCUT2D eigenvalue weighted by atomic mass is 19.1. The second-order valence-corrected chi connectivity index (χ2v) is 9.06. The van der Waals surface area contributed by atoms with Crippen molar-refractivity contribution in [3.05, 3.63) is 82.7 Å². The molecule has 1 amide bonds. The molecule has 196 valence electrons. The summed E-state index contributed by atoms with van der Waals surface area (Å²) in [7, 11) is 4.34. The molecule has 8 nitrogen and oxygen atoms in total. The third-order valence-corrected chi connectivity index (χ3v) is 6.70. The Morgan fingerprint density at radius 3 is 2.34 bits per heavy atom. The van der Waals surface area contributed by atoms with Gasteiger partial charge in [-0.25, -0.2) is 4.39 Å². The van der Waals surface area contributed by atoms with Crippen molar-refractivity contribution >= 4 is 23.1 Å². The van der Waals surface area contributed by atoms with Crippen LogP contribution in [0.25, 0.3) is 5.76 Å². The van der Waals surface area contributed by atoms with Crippen molar-refractivity contribution in [3.8, 4) is 23.0 Å². The number of carbonyl (C=O) groups excluding carboxylic acids is 2. The number of hydrogen-bond donors (Lipinski definition) is 1. The molecule has 2 unspecified atom stereocenters. The molecule has 2 aliphatic heterocycles. The van der Waals surface area contributed by atoms with E-state index in [0.717, 1.165) is 16.5 Å². The summed E-state index contributed by atoms with van der Waals surface area (Å²) in [5, 5.41) is 11.5. The van der Waals surface area contributed by atoms with Gasteiger partial charge in [-0.05, 0) is 66.6 Å². The molecule has 2 atom stereocenters. The van der Waals surface area contributed by atoms with Gasteiger partial charge in [-0.15, -0.1) is 0 Å². The van der Waals surface area contributed by atoms with E-state index in [-0.39, 0.29) is 34.6 Å². The van der Waals surface area contributed by atoms with E-state index in [9.17, 15) is 19.1 Å². The Morgan fingerprint density at radius 2 is 1.71 bits per heavy atom. The first-order chi connectivity index (χ1) is 18.3. The minimum atomic E-state index is -1.12. The first-order valence-electron chi connectivity index (χ1n) is 11.9. The summed E-state index contributed by atoms with van der Waals surface area (Å²) in [6.07, 6.45) is 0.630. The number of aliphatic hydroxyl groups excluding tert-OH is 1. The number of methoxy groups -OCH3 is 3. The van der Waals surface area contributed by atoms with Crippen LogP contribution in [-0.2, 0) is 16.0 Å². The van der Waals surface area contributed by atoms with Crippen LogP contribution in [0.15, 0.2) is 60.2 Å². The number of amides is 1. The molecule has 9 heteroatoms. The van der Waals surface area contributed by atoms with Gasteiger partial charge in [-0.2, -0.15) is 0 Å². The van der Waals surface area contributed by atoms with Crippen molar-refractivity contribution in [1.29, 1.82) is 0 Å². The molecule has 38 heavy (non-hydrogen) atoms. The fourth-order valence-corrected chi connectivity index (χ4v) is 5.02. The number of ketones is 1. The number of halogens is 1. The van der Waals surface area contributed by atoms with E-state index < -0.39 is 23.5 Å². The zero-order valence-electron chi connectivity index (χ0n) is 21.3. The molecule has 3 aromatic rings. The Hall–Kier alpha value is -4.53. The van der Waals surface area contributed by atoms with Gasteiger partial charge < -0.3 is 24.1 Å². The number of benzene rings is 3. The predicted molar refractivity (Wildman–Crippen MR) is 138 cm³/mol. The Bertz CT molecular complexity index is 1460. The van der Waals surface area contributed by atoms with Crippen molar-refractivity contribution in [2.24, 2.45) is 0 Å². The largest absolute Gasteiger partial charge is 0.507 e. The molecule has 3 aromatic carbocycles. The maximum atomic E-state index is 14.2. The lowest BCUT2D eigenvalue weighted by atomic mass is 9.93. The van der Waals surface area contributed by atoms with E-state index in [4.69, 9.17) is 18.9 Å². The lowest BCUT2D eigenvalue weighted by Crippen LogP contribution is -2.29. The fraction of sp³-hybridized carbons (Fsp3) is 0.241. The number of Topliss-reactive ketones (excluding diaryl/α,β-unsaturated/α-hetero) is 1. The van der Waals surface area contributed by atoms with Gasteiger partial charge in [0.1, 0.15) is 23.4 Å². The van der Waals surface area contributed by atoms with Crippen LogP contribution in [0.2, 0.25) is 0 Å². The minimum absolute atomic E-state index is 0.0137. The zero-order chi connectivity index (χ0) is 27.1. The molecule has 2 aliphatic rings. The molecular formula is C29H26FNO7. The lowest BCUT2D eigenvalue weighted by molar-refractivity contribution is -0.132. The third-order valence-electron chi connectivity index (χ3n) is 6.70. The van der Waals surface area contributed by atoms with Crippen LogP contribution in [0.3, 0.4) is 0 Å². The Labute approximate surface area is 218 Å². The van der Waals surface area contributed by atoms with E-state index in [1.54, 1.807) is 30.3 Å². The van der Waals surface area contributed by atoms with Crippen LogP contribution >= 0.6 is 0 Å². The lowest BCUT2D eigenvalue weighted by Gasteiger charge is -2.26. The van der Waals surface area contributed by atoms with Gasteiger partial charge in [-0.3, -0.25) is 14.5 Å². The number of carbonyl (C=O) groups is 2. The molecule has 0 bridgehead atoms. The fourth-order valence-electron chi connectivity index (χ4n) is 5.02. The summed E-state index contributed by atoms with van der Waals surface area (Å²) in [5.41, 5.74) is 1.63. The molecule has 0 spiro atoms. The first-order valence-corrected chi connectivity index (χ1v) is 11.9. The molecular weight excluding hydrogens is 493 g/mol. The van der Waals surface area contributed by atoms with Crippen LogP contribution in [0, 0.1) is 5.82 Å². The molecule has 0 saturated carbocycles.